The van der Waals surface area contributed by atoms with Crippen LogP contribution in [-0.2, 0) is 6.42 Å². The highest BCUT2D eigenvalue weighted by molar-refractivity contribution is 9.10. The number of nitrogens with zero attached hydrogens (tertiary/aromatic N) is 3. The molecule has 5 nitrogen and oxygen atoms in total. The summed E-state index contributed by atoms with van der Waals surface area (Å²) >= 11 is 3.38. The summed E-state index contributed by atoms with van der Waals surface area (Å²) in [5.74, 6) is 5.41. The van der Waals surface area contributed by atoms with Crippen molar-refractivity contribution in [2.24, 2.45) is 5.84 Å². The van der Waals surface area contributed by atoms with Crippen molar-refractivity contribution in [3.8, 4) is 0 Å². The van der Waals surface area contributed by atoms with Crippen molar-refractivity contribution in [1.29, 1.82) is 0 Å². The van der Waals surface area contributed by atoms with Gasteiger partial charge in [-0.1, -0.05) is 22.0 Å². The van der Waals surface area contributed by atoms with Gasteiger partial charge in [-0.15, -0.1) is 0 Å². The van der Waals surface area contributed by atoms with Crippen molar-refractivity contribution >= 4 is 21.4 Å². The number of hydrogen-bond acceptors (Lipinski definition) is 4. The maximum Gasteiger partial charge on any atom is 0.124 e. The maximum absolute atomic E-state index is 13.2. The van der Waals surface area contributed by atoms with E-state index in [1.165, 1.54) is 12.1 Å². The smallest absolute Gasteiger partial charge is 0.124 e. The van der Waals surface area contributed by atoms with Crippen LogP contribution < -0.4 is 11.3 Å². The molecule has 3 aromatic rings. The maximum atomic E-state index is 13.2. The highest BCUT2D eigenvalue weighted by Gasteiger charge is 2.17. The van der Waals surface area contributed by atoms with Gasteiger partial charge in [0.25, 0.3) is 0 Å². The average molecular weight is 350 g/mol. The first-order valence-corrected chi connectivity index (χ1v) is 7.15. The molecule has 0 fully saturated rings. The average Bonchev–Trinajstić information content (AvgIpc) is 2.91. The van der Waals surface area contributed by atoms with Gasteiger partial charge < -0.3 is 0 Å². The fraction of sp³-hybridized carbons (Fsp3) is 0.143. The van der Waals surface area contributed by atoms with Crippen molar-refractivity contribution in [2.45, 2.75) is 12.5 Å². The number of fused-ring (bicyclic) bond motifs is 1. The van der Waals surface area contributed by atoms with Crippen molar-refractivity contribution in [3.63, 3.8) is 0 Å². The third kappa shape index (κ3) is 2.80. The number of hydrogen-bond donors (Lipinski definition) is 2. The van der Waals surface area contributed by atoms with E-state index in [9.17, 15) is 4.39 Å². The van der Waals surface area contributed by atoms with Crippen molar-refractivity contribution in [1.82, 2.24) is 20.0 Å². The normalized spacial score (nSPS) is 12.7. The summed E-state index contributed by atoms with van der Waals surface area (Å²) < 4.78 is 15.6. The van der Waals surface area contributed by atoms with Crippen LogP contribution in [0.4, 0.5) is 4.39 Å². The molecule has 3 rings (SSSR count). The summed E-state index contributed by atoms with van der Waals surface area (Å²) in [6.07, 6.45) is 7.56. The van der Waals surface area contributed by atoms with Crippen LogP contribution in [0.1, 0.15) is 17.2 Å². The van der Waals surface area contributed by atoms with Crippen LogP contribution in [0.3, 0.4) is 0 Å². The lowest BCUT2D eigenvalue weighted by Crippen LogP contribution is -2.29. The second-order valence-electron chi connectivity index (χ2n) is 4.67. The van der Waals surface area contributed by atoms with Crippen LogP contribution in [-0.4, -0.2) is 14.6 Å². The molecule has 2 heterocycles. The highest BCUT2D eigenvalue weighted by atomic mass is 79.9. The molecule has 0 spiro atoms. The number of hydrazine groups is 1. The number of aromatic nitrogens is 3. The molecule has 1 aromatic carbocycles. The Labute approximate surface area is 129 Å². The fourth-order valence-corrected chi connectivity index (χ4v) is 2.80. The Morgan fingerprint density at radius 1 is 1.38 bits per heavy atom. The van der Waals surface area contributed by atoms with Gasteiger partial charge in [0, 0.05) is 22.4 Å². The quantitative estimate of drug-likeness (QED) is 0.560. The molecule has 0 bridgehead atoms. The van der Waals surface area contributed by atoms with Crippen LogP contribution in [0.2, 0.25) is 0 Å². The minimum Gasteiger partial charge on any atom is -0.271 e. The largest absolute Gasteiger partial charge is 0.271 e. The van der Waals surface area contributed by atoms with E-state index in [4.69, 9.17) is 5.84 Å². The minimum absolute atomic E-state index is 0.145. The predicted molar refractivity (Wildman–Crippen MR) is 80.9 cm³/mol. The lowest BCUT2D eigenvalue weighted by molar-refractivity contribution is 0.553. The molecule has 21 heavy (non-hydrogen) atoms. The molecular weight excluding hydrogens is 337 g/mol. The van der Waals surface area contributed by atoms with E-state index in [0.717, 1.165) is 21.1 Å². The zero-order chi connectivity index (χ0) is 14.8. The molecule has 108 valence electrons. The van der Waals surface area contributed by atoms with Gasteiger partial charge in [0.2, 0.25) is 0 Å². The Bertz CT molecular complexity index is 773. The van der Waals surface area contributed by atoms with Gasteiger partial charge in [-0.2, -0.15) is 5.10 Å². The Morgan fingerprint density at radius 2 is 2.24 bits per heavy atom. The van der Waals surface area contributed by atoms with E-state index in [0.29, 0.717) is 6.42 Å². The SMILES string of the molecule is NNC(Cc1ccc(F)cc1Br)c1cnn2ccncc12. The Morgan fingerprint density at radius 3 is 3.00 bits per heavy atom. The molecule has 7 heteroatoms. The summed E-state index contributed by atoms with van der Waals surface area (Å²) in [4.78, 5) is 4.11. The first-order valence-electron chi connectivity index (χ1n) is 6.36. The van der Waals surface area contributed by atoms with Gasteiger partial charge in [0.05, 0.1) is 24.0 Å². The third-order valence-corrected chi connectivity index (χ3v) is 4.11. The Hall–Kier alpha value is -1.83. The first kappa shape index (κ1) is 14.1. The molecule has 0 aliphatic carbocycles. The third-order valence-electron chi connectivity index (χ3n) is 3.37. The lowest BCUT2D eigenvalue weighted by atomic mass is 10.0. The number of rotatable bonds is 4. The predicted octanol–water partition coefficient (Wildman–Crippen LogP) is 2.38. The second-order valence-corrected chi connectivity index (χ2v) is 5.52. The van der Waals surface area contributed by atoms with Crippen molar-refractivity contribution < 1.29 is 4.39 Å². The van der Waals surface area contributed by atoms with Crippen LogP contribution in [0.25, 0.3) is 5.52 Å². The molecular formula is C14H13BrFN5. The van der Waals surface area contributed by atoms with E-state index in [1.54, 1.807) is 35.4 Å². The topological polar surface area (TPSA) is 68.2 Å². The molecule has 3 N–H and O–H groups in total. The first-order chi connectivity index (χ1) is 10.2. The highest BCUT2D eigenvalue weighted by Crippen LogP contribution is 2.26. The molecule has 0 amide bonds. The number of benzene rings is 1. The molecule has 0 radical (unpaired) electrons. The summed E-state index contributed by atoms with van der Waals surface area (Å²) in [5.41, 5.74) is 5.59. The minimum atomic E-state index is -0.275. The summed E-state index contributed by atoms with van der Waals surface area (Å²) in [6, 6.07) is 4.48. The molecule has 1 atom stereocenters. The molecule has 0 saturated carbocycles. The van der Waals surface area contributed by atoms with Gasteiger partial charge in [0.1, 0.15) is 5.82 Å². The fourth-order valence-electron chi connectivity index (χ4n) is 2.29. The van der Waals surface area contributed by atoms with E-state index >= 15 is 0 Å². The number of nitrogens with two attached hydrogens (primary N) is 1. The lowest BCUT2D eigenvalue weighted by Gasteiger charge is -2.16. The second kappa shape index (κ2) is 5.88. The molecule has 2 aromatic heterocycles. The van der Waals surface area contributed by atoms with Gasteiger partial charge >= 0.3 is 0 Å². The van der Waals surface area contributed by atoms with Gasteiger partial charge in [-0.05, 0) is 24.1 Å². The zero-order valence-electron chi connectivity index (χ0n) is 11.0. The molecule has 0 aliphatic heterocycles. The van der Waals surface area contributed by atoms with Crippen LogP contribution >= 0.6 is 15.9 Å². The van der Waals surface area contributed by atoms with Crippen LogP contribution in [0.15, 0.2) is 47.5 Å². The van der Waals surface area contributed by atoms with Crippen LogP contribution in [0.5, 0.6) is 0 Å². The molecule has 1 unspecified atom stereocenters. The number of nitrogens with one attached hydrogen (secondary N) is 1. The van der Waals surface area contributed by atoms with E-state index in [1.807, 2.05) is 0 Å². The number of halogens is 2. The summed E-state index contributed by atoms with van der Waals surface area (Å²) in [7, 11) is 0. The monoisotopic (exact) mass is 349 g/mol. The standard InChI is InChI=1S/C14H13BrFN5/c15-12-6-10(16)2-1-9(12)5-13(20-17)11-7-19-21-4-3-18-8-14(11)21/h1-4,6-8,13,20H,5,17H2. The van der Waals surface area contributed by atoms with E-state index in [-0.39, 0.29) is 11.9 Å². The van der Waals surface area contributed by atoms with Crippen molar-refractivity contribution in [2.75, 3.05) is 0 Å². The Kier molecular flexibility index (Phi) is 3.96. The zero-order valence-corrected chi connectivity index (χ0v) is 12.6. The van der Waals surface area contributed by atoms with E-state index < -0.39 is 0 Å². The van der Waals surface area contributed by atoms with Crippen molar-refractivity contribution in [3.05, 3.63) is 64.4 Å². The Balaban J connectivity index is 1.95. The van der Waals surface area contributed by atoms with E-state index in [2.05, 4.69) is 31.4 Å². The summed E-state index contributed by atoms with van der Waals surface area (Å²) in [6.45, 7) is 0. The summed E-state index contributed by atoms with van der Waals surface area (Å²) in [5, 5.41) is 4.28. The molecule has 0 aliphatic rings. The van der Waals surface area contributed by atoms with Crippen LogP contribution in [0, 0.1) is 5.82 Å². The van der Waals surface area contributed by atoms with Gasteiger partial charge in [0.15, 0.2) is 0 Å². The van der Waals surface area contributed by atoms with Gasteiger partial charge in [-0.25, -0.2) is 8.91 Å². The molecule has 0 saturated heterocycles. The van der Waals surface area contributed by atoms with Gasteiger partial charge in [-0.3, -0.25) is 16.3 Å².